The number of halogens is 5. The molecule has 12 heteroatoms. The third-order valence-corrected chi connectivity index (χ3v) is 6.08. The van der Waals surface area contributed by atoms with Gasteiger partial charge >= 0.3 is 12.3 Å². The number of aromatic amines is 1. The third-order valence-electron chi connectivity index (χ3n) is 6.08. The minimum Gasteiger partial charge on any atom is -0.449 e. The molecule has 2 aliphatic rings. The lowest BCUT2D eigenvalue weighted by Crippen LogP contribution is -2.41. The predicted octanol–water partition coefficient (Wildman–Crippen LogP) is 5.05. The SMILES string of the molecule is O=C(/N=c1\[nH]c2cc(N3CCCOC3=O)ccc2n1C1CC(F)(F)C1)c1cccc(C(F)(F)F)c1. The Balaban J connectivity index is 1.59. The minimum atomic E-state index is -4.64. The standard InChI is InChI=1S/C23H19F5N4O3/c24-22(25)11-16(12-22)32-18-6-5-15(31-7-2-8-35-21(31)34)10-17(18)29-20(32)30-19(33)13-3-1-4-14(9-13)23(26,27)28/h1,3-6,9-10,16H,2,7-8,11-12H2,(H,29,30,33). The number of carbonyl (C=O) groups excluding carboxylic acids is 2. The summed E-state index contributed by atoms with van der Waals surface area (Å²) < 4.78 is 73.0. The second-order valence-corrected chi connectivity index (χ2v) is 8.55. The number of hydrogen-bond acceptors (Lipinski definition) is 3. The van der Waals surface area contributed by atoms with Crippen LogP contribution in [0.5, 0.6) is 0 Å². The second kappa shape index (κ2) is 8.21. The van der Waals surface area contributed by atoms with Crippen LogP contribution in [0.15, 0.2) is 47.5 Å². The number of nitrogens with one attached hydrogen (secondary N) is 1. The van der Waals surface area contributed by atoms with Crippen LogP contribution in [-0.2, 0) is 10.9 Å². The van der Waals surface area contributed by atoms with E-state index in [4.69, 9.17) is 4.74 Å². The van der Waals surface area contributed by atoms with Crippen LogP contribution in [0.1, 0.15) is 41.2 Å². The lowest BCUT2D eigenvalue weighted by Gasteiger charge is -2.36. The van der Waals surface area contributed by atoms with Crippen LogP contribution in [0.3, 0.4) is 0 Å². The van der Waals surface area contributed by atoms with E-state index in [9.17, 15) is 31.5 Å². The summed E-state index contributed by atoms with van der Waals surface area (Å²) in [5, 5.41) is 0. The van der Waals surface area contributed by atoms with Gasteiger partial charge in [0.1, 0.15) is 0 Å². The molecular formula is C23H19F5N4O3. The van der Waals surface area contributed by atoms with Crippen LogP contribution in [0.4, 0.5) is 32.4 Å². The molecule has 0 radical (unpaired) electrons. The van der Waals surface area contributed by atoms with E-state index >= 15 is 0 Å². The zero-order chi connectivity index (χ0) is 25.0. The number of hydrogen-bond donors (Lipinski definition) is 1. The molecular weight excluding hydrogens is 475 g/mol. The van der Waals surface area contributed by atoms with E-state index in [1.165, 1.54) is 15.5 Å². The summed E-state index contributed by atoms with van der Waals surface area (Å²) in [6.45, 7) is 0.752. The molecule has 184 valence electrons. The molecule has 5 rings (SSSR count). The quantitative estimate of drug-likeness (QED) is 0.518. The van der Waals surface area contributed by atoms with Crippen molar-refractivity contribution in [3.8, 4) is 0 Å². The van der Waals surface area contributed by atoms with Crippen LogP contribution < -0.4 is 10.5 Å². The van der Waals surface area contributed by atoms with Crippen molar-refractivity contribution in [2.75, 3.05) is 18.1 Å². The Hall–Kier alpha value is -3.70. The van der Waals surface area contributed by atoms with Gasteiger partial charge in [-0.15, -0.1) is 0 Å². The van der Waals surface area contributed by atoms with Crippen molar-refractivity contribution >= 4 is 28.7 Å². The van der Waals surface area contributed by atoms with E-state index in [2.05, 4.69) is 9.98 Å². The summed E-state index contributed by atoms with van der Waals surface area (Å²) >= 11 is 0. The fraction of sp³-hybridized carbons (Fsp3) is 0.348. The molecule has 2 amide bonds. The Bertz CT molecular complexity index is 1380. The molecule has 35 heavy (non-hydrogen) atoms. The zero-order valence-electron chi connectivity index (χ0n) is 18.1. The van der Waals surface area contributed by atoms with Gasteiger partial charge in [0.25, 0.3) is 11.8 Å². The Kier molecular flexibility index (Phi) is 5.41. The molecule has 3 aromatic rings. The number of rotatable bonds is 3. The van der Waals surface area contributed by atoms with E-state index in [0.29, 0.717) is 42.4 Å². The van der Waals surface area contributed by atoms with Gasteiger partial charge in [0.05, 0.1) is 23.2 Å². The number of fused-ring (bicyclic) bond motifs is 1. The maximum Gasteiger partial charge on any atom is 0.416 e. The van der Waals surface area contributed by atoms with Crippen molar-refractivity contribution in [2.24, 2.45) is 4.99 Å². The van der Waals surface area contributed by atoms with Gasteiger partial charge in [-0.2, -0.15) is 18.2 Å². The van der Waals surface area contributed by atoms with Gasteiger partial charge in [-0.1, -0.05) is 6.07 Å². The number of nitrogens with zero attached hydrogens (tertiary/aromatic N) is 3. The smallest absolute Gasteiger partial charge is 0.416 e. The highest BCUT2D eigenvalue weighted by atomic mass is 19.4. The van der Waals surface area contributed by atoms with Crippen molar-refractivity contribution in [2.45, 2.75) is 37.4 Å². The Labute approximate surface area is 194 Å². The number of ether oxygens (including phenoxy) is 1. The molecule has 0 atom stereocenters. The van der Waals surface area contributed by atoms with Crippen LogP contribution in [0, 0.1) is 0 Å². The highest BCUT2D eigenvalue weighted by Gasteiger charge is 2.47. The van der Waals surface area contributed by atoms with Crippen LogP contribution in [0.2, 0.25) is 0 Å². The summed E-state index contributed by atoms with van der Waals surface area (Å²) in [6.07, 6.45) is -5.45. The molecule has 0 spiro atoms. The Morgan fingerprint density at radius 3 is 2.60 bits per heavy atom. The van der Waals surface area contributed by atoms with Crippen LogP contribution >= 0.6 is 0 Å². The maximum absolute atomic E-state index is 13.7. The van der Waals surface area contributed by atoms with Gasteiger partial charge < -0.3 is 14.3 Å². The molecule has 1 aromatic heterocycles. The highest BCUT2D eigenvalue weighted by molar-refractivity contribution is 5.95. The molecule has 2 heterocycles. The van der Waals surface area contributed by atoms with Crippen LogP contribution in [-0.4, -0.2) is 40.6 Å². The number of benzene rings is 2. The van der Waals surface area contributed by atoms with Gasteiger partial charge in [-0.3, -0.25) is 9.69 Å². The molecule has 0 unspecified atom stereocenters. The first-order valence-electron chi connectivity index (χ1n) is 10.8. The molecule has 2 fully saturated rings. The number of amides is 2. The van der Waals surface area contributed by atoms with Gasteiger partial charge in [0.15, 0.2) is 0 Å². The monoisotopic (exact) mass is 494 g/mol. The van der Waals surface area contributed by atoms with Gasteiger partial charge in [0, 0.05) is 36.7 Å². The van der Waals surface area contributed by atoms with Gasteiger partial charge in [-0.05, 0) is 42.8 Å². The first-order chi connectivity index (χ1) is 16.5. The predicted molar refractivity (Wildman–Crippen MR) is 114 cm³/mol. The largest absolute Gasteiger partial charge is 0.449 e. The molecule has 1 saturated carbocycles. The van der Waals surface area contributed by atoms with Crippen molar-refractivity contribution in [1.82, 2.24) is 9.55 Å². The summed E-state index contributed by atoms with van der Waals surface area (Å²) in [7, 11) is 0. The molecule has 1 aliphatic carbocycles. The van der Waals surface area contributed by atoms with E-state index in [0.717, 1.165) is 12.1 Å². The minimum absolute atomic E-state index is 0.0683. The van der Waals surface area contributed by atoms with Crippen molar-refractivity contribution in [3.63, 3.8) is 0 Å². The number of alkyl halides is 5. The van der Waals surface area contributed by atoms with Gasteiger partial charge in [-0.25, -0.2) is 13.6 Å². The molecule has 1 saturated heterocycles. The number of aromatic nitrogens is 2. The van der Waals surface area contributed by atoms with Crippen molar-refractivity contribution < 1.29 is 36.3 Å². The van der Waals surface area contributed by atoms with E-state index in [-0.39, 0.29) is 11.2 Å². The van der Waals surface area contributed by atoms with E-state index < -0.39 is 48.5 Å². The lowest BCUT2D eigenvalue weighted by molar-refractivity contribution is -0.137. The molecule has 0 bridgehead atoms. The number of carbonyl (C=O) groups is 2. The summed E-state index contributed by atoms with van der Waals surface area (Å²) in [4.78, 5) is 33.1. The molecule has 2 aromatic carbocycles. The molecule has 1 aliphatic heterocycles. The molecule has 7 nitrogen and oxygen atoms in total. The number of anilines is 1. The summed E-state index contributed by atoms with van der Waals surface area (Å²) in [5.74, 6) is -3.82. The fourth-order valence-electron chi connectivity index (χ4n) is 4.34. The number of H-pyrrole nitrogens is 1. The second-order valence-electron chi connectivity index (χ2n) is 8.55. The average Bonchev–Trinajstić information content (AvgIpc) is 3.13. The lowest BCUT2D eigenvalue weighted by atomic mass is 9.88. The summed E-state index contributed by atoms with van der Waals surface area (Å²) in [5.41, 5.74) is 0.0361. The Morgan fingerprint density at radius 1 is 1.14 bits per heavy atom. The maximum atomic E-state index is 13.7. The number of cyclic esters (lactones) is 1. The fourth-order valence-corrected chi connectivity index (χ4v) is 4.34. The zero-order valence-corrected chi connectivity index (χ0v) is 18.1. The average molecular weight is 494 g/mol. The van der Waals surface area contributed by atoms with E-state index in [1.807, 2.05) is 0 Å². The topological polar surface area (TPSA) is 79.7 Å². The first-order valence-corrected chi connectivity index (χ1v) is 10.8. The highest BCUT2D eigenvalue weighted by Crippen LogP contribution is 2.45. The summed E-state index contributed by atoms with van der Waals surface area (Å²) in [6, 6.07) is 8.02. The van der Waals surface area contributed by atoms with Crippen molar-refractivity contribution in [3.05, 3.63) is 59.2 Å². The third kappa shape index (κ3) is 4.40. The van der Waals surface area contributed by atoms with Crippen molar-refractivity contribution in [1.29, 1.82) is 0 Å². The van der Waals surface area contributed by atoms with E-state index in [1.54, 1.807) is 18.2 Å². The normalized spacial score (nSPS) is 19.1. The number of imidazole rings is 1. The van der Waals surface area contributed by atoms with Gasteiger partial charge in [0.2, 0.25) is 5.62 Å². The first kappa shape index (κ1) is 23.1. The Morgan fingerprint density at radius 2 is 1.91 bits per heavy atom. The van der Waals surface area contributed by atoms with Crippen LogP contribution in [0.25, 0.3) is 11.0 Å². The molecule has 1 N–H and O–H groups in total.